The van der Waals surface area contributed by atoms with E-state index in [1.54, 1.807) is 11.8 Å². The molecule has 32 heavy (non-hydrogen) atoms. The van der Waals surface area contributed by atoms with Crippen molar-refractivity contribution in [3.8, 4) is 0 Å². The van der Waals surface area contributed by atoms with Crippen molar-refractivity contribution < 1.29 is 9.59 Å². The Hall–Kier alpha value is -2.03. The molecule has 4 rings (SSSR count). The highest BCUT2D eigenvalue weighted by Crippen LogP contribution is 2.19. The molecule has 7 nitrogen and oxygen atoms in total. The maximum Gasteiger partial charge on any atom is 0.252 e. The van der Waals surface area contributed by atoms with Gasteiger partial charge in [0.25, 0.3) is 5.91 Å². The summed E-state index contributed by atoms with van der Waals surface area (Å²) in [6, 6.07) is 7.74. The van der Waals surface area contributed by atoms with Crippen molar-refractivity contribution in [2.75, 3.05) is 58.3 Å². The second kappa shape index (κ2) is 10.7. The molecule has 8 heteroatoms. The second-order valence-corrected chi connectivity index (χ2v) is 9.97. The van der Waals surface area contributed by atoms with Gasteiger partial charge >= 0.3 is 0 Å². The van der Waals surface area contributed by atoms with Gasteiger partial charge in [0.2, 0.25) is 5.91 Å². The van der Waals surface area contributed by atoms with Gasteiger partial charge in [-0.25, -0.2) is 0 Å². The lowest BCUT2D eigenvalue weighted by Gasteiger charge is -2.42. The number of hydrogen-bond acceptors (Lipinski definition) is 5. The van der Waals surface area contributed by atoms with Crippen LogP contribution in [0.1, 0.15) is 29.6 Å². The van der Waals surface area contributed by atoms with E-state index in [4.69, 9.17) is 0 Å². The second-order valence-electron chi connectivity index (χ2n) is 8.98. The molecule has 0 aliphatic carbocycles. The summed E-state index contributed by atoms with van der Waals surface area (Å²) in [5, 5.41) is 4.09. The predicted molar refractivity (Wildman–Crippen MR) is 131 cm³/mol. The molecule has 1 aromatic carbocycles. The molecule has 2 fully saturated rings. The van der Waals surface area contributed by atoms with Crippen LogP contribution in [0.2, 0.25) is 0 Å². The number of rotatable bonds is 7. The fraction of sp³-hybridized carbons (Fsp3) is 0.583. The molecule has 0 spiro atoms. The highest BCUT2D eigenvalue weighted by Gasteiger charge is 2.31. The van der Waals surface area contributed by atoms with E-state index < -0.39 is 6.04 Å². The van der Waals surface area contributed by atoms with Crippen molar-refractivity contribution in [1.82, 2.24) is 25.0 Å². The number of nitrogens with one attached hydrogen (secondary N) is 2. The van der Waals surface area contributed by atoms with Crippen LogP contribution in [0.5, 0.6) is 0 Å². The summed E-state index contributed by atoms with van der Waals surface area (Å²) < 4.78 is 0. The summed E-state index contributed by atoms with van der Waals surface area (Å²) in [5.41, 5.74) is 1.50. The number of piperidine rings is 1. The molecule has 0 unspecified atom stereocenters. The van der Waals surface area contributed by atoms with Crippen LogP contribution in [-0.2, 0) is 4.79 Å². The molecule has 2 aliphatic rings. The van der Waals surface area contributed by atoms with Gasteiger partial charge in [-0.3, -0.25) is 14.5 Å². The first-order valence-corrected chi connectivity index (χ1v) is 13.0. The maximum absolute atomic E-state index is 13.3. The molecule has 1 atom stereocenters. The molecular formula is C24H35N5O2S. The average Bonchev–Trinajstić information content (AvgIpc) is 3.30. The summed E-state index contributed by atoms with van der Waals surface area (Å²) in [5.74, 6) is 0.698. The number of amides is 2. The van der Waals surface area contributed by atoms with Gasteiger partial charge in [-0.1, -0.05) is 6.07 Å². The summed E-state index contributed by atoms with van der Waals surface area (Å²) >= 11 is 1.70. The summed E-state index contributed by atoms with van der Waals surface area (Å²) in [7, 11) is 2.19. The van der Waals surface area contributed by atoms with E-state index in [9.17, 15) is 9.59 Å². The highest BCUT2D eigenvalue weighted by atomic mass is 32.2. The van der Waals surface area contributed by atoms with E-state index in [-0.39, 0.29) is 11.8 Å². The average molecular weight is 458 g/mol. The largest absolute Gasteiger partial charge is 0.361 e. The first kappa shape index (κ1) is 23.1. The van der Waals surface area contributed by atoms with E-state index in [2.05, 4.69) is 27.1 Å². The normalized spacial score (nSPS) is 19.9. The van der Waals surface area contributed by atoms with Crippen molar-refractivity contribution >= 4 is 34.5 Å². The number of fused-ring (bicyclic) bond motifs is 1. The highest BCUT2D eigenvalue weighted by molar-refractivity contribution is 7.98. The van der Waals surface area contributed by atoms with Crippen molar-refractivity contribution in [1.29, 1.82) is 0 Å². The van der Waals surface area contributed by atoms with Crippen molar-refractivity contribution in [2.45, 2.75) is 31.3 Å². The molecule has 0 bridgehead atoms. The smallest absolute Gasteiger partial charge is 0.252 e. The minimum atomic E-state index is -0.482. The predicted octanol–water partition coefficient (Wildman–Crippen LogP) is 2.26. The molecule has 2 saturated heterocycles. The van der Waals surface area contributed by atoms with E-state index in [0.29, 0.717) is 18.0 Å². The zero-order valence-corrected chi connectivity index (χ0v) is 20.0. The fourth-order valence-corrected chi connectivity index (χ4v) is 5.28. The molecule has 0 saturated carbocycles. The first-order valence-electron chi connectivity index (χ1n) is 11.6. The van der Waals surface area contributed by atoms with Gasteiger partial charge in [-0.05, 0) is 75.0 Å². The Bertz CT molecular complexity index is 916. The van der Waals surface area contributed by atoms with Crippen LogP contribution in [0.25, 0.3) is 10.9 Å². The van der Waals surface area contributed by atoms with E-state index in [1.807, 2.05) is 41.6 Å². The number of hydrogen-bond donors (Lipinski definition) is 2. The Labute approximate surface area is 194 Å². The molecule has 2 N–H and O–H groups in total. The summed E-state index contributed by atoms with van der Waals surface area (Å²) in [6.07, 6.45) is 6.96. The SMILES string of the molecule is CSCC[C@H](NC(=O)c1ccc2cc[nH]c2c1)C(=O)N1CCN(C2CCN(C)CC2)CC1. The van der Waals surface area contributed by atoms with Crippen LogP contribution in [-0.4, -0.2) is 102 Å². The van der Waals surface area contributed by atoms with Crippen molar-refractivity contribution in [2.24, 2.45) is 0 Å². The standard InChI is InChI=1S/C24H35N5O2S/c1-27-10-6-20(7-11-27)28-12-14-29(15-13-28)24(31)21(8-16-32-2)26-23(30)19-4-3-18-5-9-25-22(18)17-19/h3-5,9,17,20-21,25H,6-8,10-16H2,1-2H3,(H,26,30)/t21-/m0/s1. The van der Waals surface area contributed by atoms with Gasteiger partial charge < -0.3 is 20.1 Å². The van der Waals surface area contributed by atoms with Gasteiger partial charge in [0.15, 0.2) is 0 Å². The van der Waals surface area contributed by atoms with Crippen LogP contribution < -0.4 is 5.32 Å². The number of aromatic amines is 1. The number of benzene rings is 1. The topological polar surface area (TPSA) is 71.7 Å². The van der Waals surface area contributed by atoms with Crippen LogP contribution in [0.3, 0.4) is 0 Å². The number of likely N-dealkylation sites (tertiary alicyclic amines) is 1. The maximum atomic E-state index is 13.3. The van der Waals surface area contributed by atoms with Crippen molar-refractivity contribution in [3.63, 3.8) is 0 Å². The number of H-pyrrole nitrogens is 1. The molecule has 0 radical (unpaired) electrons. The van der Waals surface area contributed by atoms with Gasteiger partial charge in [-0.15, -0.1) is 0 Å². The molecule has 174 valence electrons. The first-order chi connectivity index (χ1) is 15.5. The lowest BCUT2D eigenvalue weighted by atomic mass is 10.0. The summed E-state index contributed by atoms with van der Waals surface area (Å²) in [6.45, 7) is 5.64. The zero-order valence-electron chi connectivity index (χ0n) is 19.2. The zero-order chi connectivity index (χ0) is 22.5. The minimum absolute atomic E-state index is 0.0522. The number of carbonyl (C=O) groups is 2. The lowest BCUT2D eigenvalue weighted by molar-refractivity contribution is -0.135. The van der Waals surface area contributed by atoms with E-state index >= 15 is 0 Å². The monoisotopic (exact) mass is 457 g/mol. The van der Waals surface area contributed by atoms with Crippen LogP contribution in [0, 0.1) is 0 Å². The Morgan fingerprint density at radius 3 is 2.59 bits per heavy atom. The molecule has 2 aliphatic heterocycles. The van der Waals surface area contributed by atoms with Crippen LogP contribution in [0.15, 0.2) is 30.5 Å². The van der Waals surface area contributed by atoms with Crippen LogP contribution in [0.4, 0.5) is 0 Å². The number of aromatic nitrogens is 1. The Morgan fingerprint density at radius 2 is 1.88 bits per heavy atom. The van der Waals surface area contributed by atoms with Crippen molar-refractivity contribution in [3.05, 3.63) is 36.0 Å². The Kier molecular flexibility index (Phi) is 7.75. The fourth-order valence-electron chi connectivity index (χ4n) is 4.81. The number of nitrogens with zero attached hydrogens (tertiary/aromatic N) is 3. The van der Waals surface area contributed by atoms with Gasteiger partial charge in [-0.2, -0.15) is 11.8 Å². The van der Waals surface area contributed by atoms with Gasteiger partial charge in [0.1, 0.15) is 6.04 Å². The third-order valence-corrected chi connectivity index (χ3v) is 7.51. The number of piperazine rings is 1. The van der Waals surface area contributed by atoms with Crippen LogP contribution >= 0.6 is 11.8 Å². The third kappa shape index (κ3) is 5.47. The van der Waals surface area contributed by atoms with Gasteiger partial charge in [0, 0.05) is 49.5 Å². The van der Waals surface area contributed by atoms with E-state index in [0.717, 1.165) is 55.9 Å². The quantitative estimate of drug-likeness (QED) is 0.667. The molecule has 2 aromatic rings. The Morgan fingerprint density at radius 1 is 1.12 bits per heavy atom. The number of thioether (sulfide) groups is 1. The van der Waals surface area contributed by atoms with Gasteiger partial charge in [0.05, 0.1) is 0 Å². The Balaban J connectivity index is 1.35. The molecule has 3 heterocycles. The number of carbonyl (C=O) groups excluding carboxylic acids is 2. The molecule has 2 amide bonds. The molecular weight excluding hydrogens is 422 g/mol. The third-order valence-electron chi connectivity index (χ3n) is 6.86. The summed E-state index contributed by atoms with van der Waals surface area (Å²) in [4.78, 5) is 36.3. The lowest BCUT2D eigenvalue weighted by Crippen LogP contribution is -2.57. The van der Waals surface area contributed by atoms with E-state index in [1.165, 1.54) is 12.8 Å². The molecule has 1 aromatic heterocycles. The minimum Gasteiger partial charge on any atom is -0.361 e.